The highest BCUT2D eigenvalue weighted by atomic mass is 19.1. The van der Waals surface area contributed by atoms with E-state index in [1.807, 2.05) is 0 Å². The van der Waals surface area contributed by atoms with Crippen LogP contribution in [0.2, 0.25) is 0 Å². The van der Waals surface area contributed by atoms with Crippen molar-refractivity contribution in [3.05, 3.63) is 29.3 Å². The monoisotopic (exact) mass is 341 g/mol. The number of nitrogens with zero attached hydrogens (tertiary/aromatic N) is 2. The average Bonchev–Trinajstić information content (AvgIpc) is 2.73. The number of nitrogens with one attached hydrogen (secondary N) is 1. The Kier molecular flexibility index (Phi) is 5.01. The number of urea groups is 1. The Balaban J connectivity index is 2.02. The van der Waals surface area contributed by atoms with Crippen molar-refractivity contribution < 1.29 is 27.9 Å². The van der Waals surface area contributed by atoms with Crippen LogP contribution in [0.3, 0.4) is 0 Å². The highest BCUT2D eigenvalue weighted by molar-refractivity contribution is 6.05. The second kappa shape index (κ2) is 6.81. The lowest BCUT2D eigenvalue weighted by atomic mass is 10.1. The molecule has 0 unspecified atom stereocenters. The third-order valence-corrected chi connectivity index (χ3v) is 3.88. The largest absolute Gasteiger partial charge is 0.494 e. The van der Waals surface area contributed by atoms with Gasteiger partial charge in [-0.3, -0.25) is 14.5 Å². The quantitative estimate of drug-likeness (QED) is 0.806. The van der Waals surface area contributed by atoms with Crippen molar-refractivity contribution in [2.24, 2.45) is 0 Å². The summed E-state index contributed by atoms with van der Waals surface area (Å²) in [5, 5.41) is 2.35. The van der Waals surface area contributed by atoms with Gasteiger partial charge < -0.3 is 15.0 Å². The standard InChI is InChI=1S/C15H17F2N3O4/c1-19-10(14(22)20(2)15(19)23)6-12(21)18-7-8-9(16)4-5-11(24-3)13(8)17/h4-5,10H,6-7H2,1-3H3,(H,18,21)/t10-/m0/s1. The van der Waals surface area contributed by atoms with Crippen LogP contribution < -0.4 is 10.1 Å². The summed E-state index contributed by atoms with van der Waals surface area (Å²) in [5.41, 5.74) is -0.345. The van der Waals surface area contributed by atoms with Gasteiger partial charge in [-0.05, 0) is 12.1 Å². The first-order chi connectivity index (χ1) is 11.3. The van der Waals surface area contributed by atoms with Gasteiger partial charge in [0.15, 0.2) is 11.6 Å². The van der Waals surface area contributed by atoms with Crippen LogP contribution in [0.5, 0.6) is 5.75 Å². The molecule has 1 aromatic carbocycles. The summed E-state index contributed by atoms with van der Waals surface area (Å²) < 4.78 is 32.4. The molecule has 0 aliphatic carbocycles. The van der Waals surface area contributed by atoms with Crippen LogP contribution in [0.25, 0.3) is 0 Å². The van der Waals surface area contributed by atoms with Crippen molar-refractivity contribution in [3.63, 3.8) is 0 Å². The van der Waals surface area contributed by atoms with Gasteiger partial charge in [0.25, 0.3) is 5.91 Å². The van der Waals surface area contributed by atoms with E-state index in [0.717, 1.165) is 21.9 Å². The molecular formula is C15H17F2N3O4. The molecule has 1 atom stereocenters. The molecule has 0 bridgehead atoms. The Morgan fingerprint density at radius 1 is 1.29 bits per heavy atom. The summed E-state index contributed by atoms with van der Waals surface area (Å²) in [6.07, 6.45) is -0.293. The number of halogens is 2. The number of carbonyl (C=O) groups excluding carboxylic acids is 3. The normalized spacial score (nSPS) is 17.5. The van der Waals surface area contributed by atoms with Crippen molar-refractivity contribution in [1.82, 2.24) is 15.1 Å². The van der Waals surface area contributed by atoms with E-state index in [4.69, 9.17) is 4.74 Å². The minimum atomic E-state index is -0.928. The van der Waals surface area contributed by atoms with Gasteiger partial charge in [-0.1, -0.05) is 0 Å². The number of hydrogen-bond acceptors (Lipinski definition) is 4. The number of likely N-dealkylation sites (N-methyl/N-ethyl adjacent to an activating group) is 2. The molecule has 1 fully saturated rings. The predicted octanol–water partition coefficient (Wildman–Crippen LogP) is 0.872. The first kappa shape index (κ1) is 17.6. The van der Waals surface area contributed by atoms with E-state index < -0.39 is 42.1 Å². The number of carbonyl (C=O) groups is 3. The molecule has 0 saturated carbocycles. The molecule has 0 spiro atoms. The molecule has 1 heterocycles. The minimum absolute atomic E-state index is 0.140. The Bertz CT molecular complexity index is 696. The van der Waals surface area contributed by atoms with Crippen LogP contribution in [0, 0.1) is 11.6 Å². The zero-order valence-corrected chi connectivity index (χ0v) is 13.4. The van der Waals surface area contributed by atoms with E-state index in [9.17, 15) is 23.2 Å². The van der Waals surface area contributed by atoms with E-state index in [1.165, 1.54) is 21.2 Å². The number of ether oxygens (including phenoxy) is 1. The lowest BCUT2D eigenvalue weighted by Gasteiger charge is -2.16. The van der Waals surface area contributed by atoms with Crippen molar-refractivity contribution >= 4 is 17.8 Å². The molecule has 4 amide bonds. The van der Waals surface area contributed by atoms with Crippen LogP contribution in [0.4, 0.5) is 13.6 Å². The van der Waals surface area contributed by atoms with E-state index in [-0.39, 0.29) is 17.7 Å². The van der Waals surface area contributed by atoms with E-state index >= 15 is 0 Å². The molecule has 2 rings (SSSR count). The number of methoxy groups -OCH3 is 1. The molecule has 0 aromatic heterocycles. The zero-order chi connectivity index (χ0) is 18.0. The topological polar surface area (TPSA) is 79.0 Å². The molecule has 1 aliphatic rings. The molecule has 1 saturated heterocycles. The molecule has 1 aromatic rings. The molecule has 0 radical (unpaired) electrons. The Morgan fingerprint density at radius 2 is 1.96 bits per heavy atom. The van der Waals surface area contributed by atoms with Crippen LogP contribution in [-0.4, -0.2) is 54.9 Å². The number of imide groups is 1. The molecule has 7 nitrogen and oxygen atoms in total. The van der Waals surface area contributed by atoms with Gasteiger partial charge in [-0.25, -0.2) is 13.6 Å². The highest BCUT2D eigenvalue weighted by Gasteiger charge is 2.41. The van der Waals surface area contributed by atoms with E-state index in [0.29, 0.717) is 0 Å². The van der Waals surface area contributed by atoms with Crippen molar-refractivity contribution in [1.29, 1.82) is 0 Å². The van der Waals surface area contributed by atoms with E-state index in [1.54, 1.807) is 0 Å². The fourth-order valence-electron chi connectivity index (χ4n) is 2.41. The zero-order valence-electron chi connectivity index (χ0n) is 13.4. The number of amides is 4. The number of rotatable bonds is 5. The van der Waals surface area contributed by atoms with Crippen molar-refractivity contribution in [2.75, 3.05) is 21.2 Å². The van der Waals surface area contributed by atoms with Crippen LogP contribution >= 0.6 is 0 Å². The van der Waals surface area contributed by atoms with Gasteiger partial charge in [-0.2, -0.15) is 0 Å². The van der Waals surface area contributed by atoms with Crippen molar-refractivity contribution in [2.45, 2.75) is 19.0 Å². The highest BCUT2D eigenvalue weighted by Crippen LogP contribution is 2.23. The fraction of sp³-hybridized carbons (Fsp3) is 0.400. The average molecular weight is 341 g/mol. The molecule has 1 aliphatic heterocycles. The third kappa shape index (κ3) is 3.15. The molecule has 9 heteroatoms. The summed E-state index contributed by atoms with van der Waals surface area (Å²) in [6, 6.07) is 0.736. The second-order valence-corrected chi connectivity index (χ2v) is 5.33. The first-order valence-electron chi connectivity index (χ1n) is 7.09. The maximum atomic E-state index is 14.0. The minimum Gasteiger partial charge on any atom is -0.494 e. The molecule has 130 valence electrons. The van der Waals surface area contributed by atoms with E-state index in [2.05, 4.69) is 5.32 Å². The van der Waals surface area contributed by atoms with Gasteiger partial charge in [0.2, 0.25) is 5.91 Å². The van der Waals surface area contributed by atoms with Crippen LogP contribution in [0.1, 0.15) is 12.0 Å². The SMILES string of the molecule is COc1ccc(F)c(CNC(=O)C[C@H]2C(=O)N(C)C(=O)N2C)c1F. The summed E-state index contributed by atoms with van der Waals surface area (Å²) >= 11 is 0. The van der Waals surface area contributed by atoms with Gasteiger partial charge in [0.05, 0.1) is 13.5 Å². The molecular weight excluding hydrogens is 324 g/mol. The number of hydrogen-bond donors (Lipinski definition) is 1. The Hall–Kier alpha value is -2.71. The van der Waals surface area contributed by atoms with Crippen LogP contribution in [-0.2, 0) is 16.1 Å². The first-order valence-corrected chi connectivity index (χ1v) is 7.09. The van der Waals surface area contributed by atoms with Gasteiger partial charge in [-0.15, -0.1) is 0 Å². The van der Waals surface area contributed by atoms with Crippen molar-refractivity contribution in [3.8, 4) is 5.75 Å². The molecule has 24 heavy (non-hydrogen) atoms. The Labute approximate surface area is 137 Å². The smallest absolute Gasteiger partial charge is 0.326 e. The Morgan fingerprint density at radius 3 is 2.50 bits per heavy atom. The maximum absolute atomic E-state index is 14.0. The maximum Gasteiger partial charge on any atom is 0.326 e. The van der Waals surface area contributed by atoms with Gasteiger partial charge >= 0.3 is 6.03 Å². The second-order valence-electron chi connectivity index (χ2n) is 5.33. The summed E-state index contributed by atoms with van der Waals surface area (Å²) in [5.74, 6) is -2.97. The van der Waals surface area contributed by atoms with Crippen LogP contribution in [0.15, 0.2) is 12.1 Å². The van der Waals surface area contributed by atoms with Gasteiger partial charge in [0.1, 0.15) is 11.9 Å². The lowest BCUT2D eigenvalue weighted by molar-refractivity contribution is -0.131. The van der Waals surface area contributed by atoms with Gasteiger partial charge in [0, 0.05) is 26.2 Å². The summed E-state index contributed by atoms with van der Waals surface area (Å²) in [7, 11) is 3.97. The predicted molar refractivity (Wildman–Crippen MR) is 79.1 cm³/mol. The lowest BCUT2D eigenvalue weighted by Crippen LogP contribution is -2.37. The number of benzene rings is 1. The third-order valence-electron chi connectivity index (χ3n) is 3.88. The fourth-order valence-corrected chi connectivity index (χ4v) is 2.41. The summed E-state index contributed by atoms with van der Waals surface area (Å²) in [6.45, 7) is -0.401. The summed E-state index contributed by atoms with van der Waals surface area (Å²) in [4.78, 5) is 37.5. The molecule has 1 N–H and O–H groups in total.